The van der Waals surface area contributed by atoms with Crippen LogP contribution in [0.5, 0.6) is 0 Å². The Hall–Kier alpha value is -3.49. The van der Waals surface area contributed by atoms with E-state index in [1.165, 1.54) is 0 Å². The zero-order chi connectivity index (χ0) is 23.6. The number of nitrogens with one attached hydrogen (secondary N) is 2. The maximum atomic E-state index is 13.2. The number of fused-ring (bicyclic) bond motifs is 3. The molecule has 0 spiro atoms. The van der Waals surface area contributed by atoms with Crippen LogP contribution in [0.4, 0.5) is 13.6 Å². The SMILES string of the molecule is O=C(NC1CCC(C(=O)NCC(F)(F)C(=O)O)C1)OCC1c2ccccc2-c2ccccc21. The number of rotatable bonds is 7. The van der Waals surface area contributed by atoms with Crippen molar-refractivity contribution in [1.82, 2.24) is 10.6 Å². The summed E-state index contributed by atoms with van der Waals surface area (Å²) < 4.78 is 31.8. The van der Waals surface area contributed by atoms with Gasteiger partial charge >= 0.3 is 18.0 Å². The second-order valence-electron chi connectivity index (χ2n) is 8.40. The fraction of sp³-hybridized carbons (Fsp3) is 0.375. The van der Waals surface area contributed by atoms with E-state index in [0.717, 1.165) is 22.3 Å². The summed E-state index contributed by atoms with van der Waals surface area (Å²) in [5, 5.41) is 13.2. The van der Waals surface area contributed by atoms with Crippen LogP contribution >= 0.6 is 0 Å². The number of carboxylic acid groups (broad SMARTS) is 1. The first kappa shape index (κ1) is 22.7. The van der Waals surface area contributed by atoms with Crippen molar-refractivity contribution >= 4 is 18.0 Å². The number of alkyl carbamates (subject to hydrolysis) is 1. The Morgan fingerprint density at radius 3 is 2.21 bits per heavy atom. The molecule has 2 amide bonds. The zero-order valence-electron chi connectivity index (χ0n) is 17.7. The number of halogens is 2. The number of aliphatic carboxylic acids is 1. The first-order valence-corrected chi connectivity index (χ1v) is 10.8. The van der Waals surface area contributed by atoms with E-state index in [0.29, 0.717) is 12.8 Å². The van der Waals surface area contributed by atoms with E-state index in [9.17, 15) is 23.2 Å². The lowest BCUT2D eigenvalue weighted by Crippen LogP contribution is -2.44. The molecule has 0 saturated heterocycles. The van der Waals surface area contributed by atoms with Crippen LogP contribution in [0.3, 0.4) is 0 Å². The minimum Gasteiger partial charge on any atom is -0.477 e. The quantitative estimate of drug-likeness (QED) is 0.589. The monoisotopic (exact) mass is 458 g/mol. The van der Waals surface area contributed by atoms with E-state index in [4.69, 9.17) is 9.84 Å². The Kier molecular flexibility index (Phi) is 6.31. The van der Waals surface area contributed by atoms with Crippen molar-refractivity contribution in [3.63, 3.8) is 0 Å². The summed E-state index contributed by atoms with van der Waals surface area (Å²) >= 11 is 0. The smallest absolute Gasteiger partial charge is 0.407 e. The van der Waals surface area contributed by atoms with Crippen LogP contribution < -0.4 is 10.6 Å². The molecule has 2 aromatic carbocycles. The second kappa shape index (κ2) is 9.17. The highest BCUT2D eigenvalue weighted by Gasteiger charge is 2.40. The molecular weight excluding hydrogens is 434 g/mol. The van der Waals surface area contributed by atoms with Gasteiger partial charge in [-0.3, -0.25) is 4.79 Å². The summed E-state index contributed by atoms with van der Waals surface area (Å²) in [6.45, 7) is -1.09. The summed E-state index contributed by atoms with van der Waals surface area (Å²) in [6, 6.07) is 15.7. The largest absolute Gasteiger partial charge is 0.477 e. The van der Waals surface area contributed by atoms with Gasteiger partial charge in [-0.25, -0.2) is 9.59 Å². The number of hydrogen-bond donors (Lipinski definition) is 3. The third kappa shape index (κ3) is 4.81. The van der Waals surface area contributed by atoms with E-state index in [2.05, 4.69) is 5.32 Å². The number of alkyl halides is 2. The Bertz CT molecular complexity index is 1030. The molecule has 0 aliphatic heterocycles. The number of ether oxygens (including phenoxy) is 1. The van der Waals surface area contributed by atoms with Gasteiger partial charge in [-0.1, -0.05) is 48.5 Å². The number of benzene rings is 2. The van der Waals surface area contributed by atoms with Gasteiger partial charge in [-0.05, 0) is 41.5 Å². The predicted molar refractivity (Wildman–Crippen MR) is 115 cm³/mol. The molecule has 2 aliphatic rings. The molecule has 33 heavy (non-hydrogen) atoms. The summed E-state index contributed by atoms with van der Waals surface area (Å²) in [4.78, 5) is 34.9. The standard InChI is InChI=1S/C24H24F2N2O5/c25-24(26,22(30)31)13-27-21(29)14-9-10-15(11-14)28-23(32)33-12-20-18-7-3-1-5-16(18)17-6-2-4-8-19(17)20/h1-8,14-15,20H,9-13H2,(H,27,29)(H,28,32)(H,30,31). The first-order valence-electron chi connectivity index (χ1n) is 10.8. The van der Waals surface area contributed by atoms with Gasteiger partial charge in [0, 0.05) is 17.9 Å². The number of amides is 2. The Balaban J connectivity index is 1.28. The highest BCUT2D eigenvalue weighted by Crippen LogP contribution is 2.44. The van der Waals surface area contributed by atoms with Crippen LogP contribution in [0.2, 0.25) is 0 Å². The van der Waals surface area contributed by atoms with Gasteiger partial charge in [-0.15, -0.1) is 0 Å². The molecule has 174 valence electrons. The lowest BCUT2D eigenvalue weighted by molar-refractivity contribution is -0.164. The molecule has 0 radical (unpaired) electrons. The number of carbonyl (C=O) groups excluding carboxylic acids is 2. The molecule has 4 rings (SSSR count). The van der Waals surface area contributed by atoms with Crippen molar-refractivity contribution < 1.29 is 33.0 Å². The molecule has 9 heteroatoms. The molecule has 7 nitrogen and oxygen atoms in total. The molecule has 0 bridgehead atoms. The van der Waals surface area contributed by atoms with Gasteiger partial charge < -0.3 is 20.5 Å². The van der Waals surface area contributed by atoms with Gasteiger partial charge in [0.05, 0.1) is 6.54 Å². The predicted octanol–water partition coefficient (Wildman–Crippen LogP) is 3.53. The van der Waals surface area contributed by atoms with Crippen molar-refractivity contribution in [2.75, 3.05) is 13.2 Å². The molecule has 2 atom stereocenters. The van der Waals surface area contributed by atoms with Crippen LogP contribution in [0.25, 0.3) is 11.1 Å². The van der Waals surface area contributed by atoms with Gasteiger partial charge in [0.25, 0.3) is 0 Å². The first-order chi connectivity index (χ1) is 15.8. The number of hydrogen-bond acceptors (Lipinski definition) is 4. The molecule has 2 unspecified atom stereocenters. The van der Waals surface area contributed by atoms with Crippen molar-refractivity contribution in [1.29, 1.82) is 0 Å². The van der Waals surface area contributed by atoms with Gasteiger partial charge in [0.2, 0.25) is 5.91 Å². The maximum Gasteiger partial charge on any atom is 0.407 e. The fourth-order valence-electron chi connectivity index (χ4n) is 4.58. The third-order valence-corrected chi connectivity index (χ3v) is 6.27. The summed E-state index contributed by atoms with van der Waals surface area (Å²) in [5.74, 6) is -7.60. The maximum absolute atomic E-state index is 13.2. The minimum atomic E-state index is -4.02. The van der Waals surface area contributed by atoms with E-state index < -0.39 is 36.4 Å². The van der Waals surface area contributed by atoms with Crippen LogP contribution in [0.1, 0.15) is 36.3 Å². The molecule has 1 fully saturated rings. The molecule has 3 N–H and O–H groups in total. The topological polar surface area (TPSA) is 105 Å². The van der Waals surface area contributed by atoms with Gasteiger partial charge in [-0.2, -0.15) is 8.78 Å². The molecule has 2 aliphatic carbocycles. The highest BCUT2D eigenvalue weighted by atomic mass is 19.3. The van der Waals surface area contributed by atoms with E-state index in [1.807, 2.05) is 53.8 Å². The molecular formula is C24H24F2N2O5. The third-order valence-electron chi connectivity index (χ3n) is 6.27. The lowest BCUT2D eigenvalue weighted by Gasteiger charge is -2.17. The van der Waals surface area contributed by atoms with Gasteiger partial charge in [0.1, 0.15) is 6.61 Å². The van der Waals surface area contributed by atoms with Crippen molar-refractivity contribution in [2.24, 2.45) is 5.92 Å². The van der Waals surface area contributed by atoms with Crippen LogP contribution in [-0.4, -0.2) is 48.2 Å². The van der Waals surface area contributed by atoms with Crippen molar-refractivity contribution in [2.45, 2.75) is 37.1 Å². The molecule has 2 aromatic rings. The molecule has 1 saturated carbocycles. The zero-order valence-corrected chi connectivity index (χ0v) is 17.7. The Labute approximate surface area is 189 Å². The highest BCUT2D eigenvalue weighted by molar-refractivity contribution is 5.81. The Morgan fingerprint density at radius 1 is 1.00 bits per heavy atom. The second-order valence-corrected chi connectivity index (χ2v) is 8.40. The fourth-order valence-corrected chi connectivity index (χ4v) is 4.58. The van der Waals surface area contributed by atoms with Crippen LogP contribution in [-0.2, 0) is 14.3 Å². The number of carboxylic acids is 1. The Morgan fingerprint density at radius 2 is 1.61 bits per heavy atom. The summed E-state index contributed by atoms with van der Waals surface area (Å²) in [6.07, 6.45) is 0.575. The van der Waals surface area contributed by atoms with Crippen molar-refractivity contribution in [3.8, 4) is 11.1 Å². The normalized spacial score (nSPS) is 19.5. The average molecular weight is 458 g/mol. The van der Waals surface area contributed by atoms with Gasteiger partial charge in [0.15, 0.2) is 0 Å². The van der Waals surface area contributed by atoms with E-state index in [1.54, 1.807) is 0 Å². The molecule has 0 aromatic heterocycles. The lowest BCUT2D eigenvalue weighted by atomic mass is 9.98. The van der Waals surface area contributed by atoms with Crippen LogP contribution in [0, 0.1) is 5.92 Å². The van der Waals surface area contributed by atoms with E-state index in [-0.39, 0.29) is 25.0 Å². The van der Waals surface area contributed by atoms with Crippen LogP contribution in [0.15, 0.2) is 48.5 Å². The summed E-state index contributed by atoms with van der Waals surface area (Å²) in [7, 11) is 0. The minimum absolute atomic E-state index is 0.0684. The van der Waals surface area contributed by atoms with Crippen molar-refractivity contribution in [3.05, 3.63) is 59.7 Å². The summed E-state index contributed by atoms with van der Waals surface area (Å²) in [5.41, 5.74) is 4.45. The number of carbonyl (C=O) groups is 3. The average Bonchev–Trinajstić information content (AvgIpc) is 3.39. The van der Waals surface area contributed by atoms with E-state index >= 15 is 0 Å². The molecule has 0 heterocycles.